The summed E-state index contributed by atoms with van der Waals surface area (Å²) in [6.45, 7) is 2.03. The van der Waals surface area contributed by atoms with Gasteiger partial charge in [0.1, 0.15) is 0 Å². The van der Waals surface area contributed by atoms with Crippen LogP contribution in [-0.2, 0) is 6.42 Å². The molecule has 0 bridgehead atoms. The van der Waals surface area contributed by atoms with Crippen LogP contribution < -0.4 is 10.2 Å². The number of nitrogens with one attached hydrogen (secondary N) is 1. The molecule has 3 rings (SSSR count). The number of para-hydroxylation sites is 1. The van der Waals surface area contributed by atoms with E-state index in [0.29, 0.717) is 15.7 Å². The van der Waals surface area contributed by atoms with Gasteiger partial charge in [-0.15, -0.1) is 0 Å². The standard InChI is InChI=1S/C16H14Cl2N2O/c1-10-6-11-4-2-3-5-15(11)20(10)16(21)19-14-8-12(17)7-13(18)9-14/h2-5,7-10H,6H2,1H3,(H,19,21). The van der Waals surface area contributed by atoms with E-state index in [1.165, 1.54) is 5.56 Å². The molecule has 3 nitrogen and oxygen atoms in total. The summed E-state index contributed by atoms with van der Waals surface area (Å²) in [6, 6.07) is 12.9. The van der Waals surface area contributed by atoms with Crippen molar-refractivity contribution in [3.63, 3.8) is 0 Å². The number of hydrogen-bond donors (Lipinski definition) is 1. The quantitative estimate of drug-likeness (QED) is 0.789. The summed E-state index contributed by atoms with van der Waals surface area (Å²) in [5, 5.41) is 3.84. The maximum absolute atomic E-state index is 12.5. The predicted octanol–water partition coefficient (Wildman–Crippen LogP) is 4.98. The molecule has 0 aliphatic carbocycles. The van der Waals surface area contributed by atoms with E-state index in [1.54, 1.807) is 23.1 Å². The van der Waals surface area contributed by atoms with E-state index in [2.05, 4.69) is 11.4 Å². The van der Waals surface area contributed by atoms with Gasteiger partial charge in [-0.25, -0.2) is 4.79 Å². The Hall–Kier alpha value is -1.71. The zero-order valence-corrected chi connectivity index (χ0v) is 12.9. The number of rotatable bonds is 1. The normalized spacial score (nSPS) is 16.7. The van der Waals surface area contributed by atoms with Gasteiger partial charge in [0.25, 0.3) is 0 Å². The Bertz CT molecular complexity index is 682. The van der Waals surface area contributed by atoms with Gasteiger partial charge >= 0.3 is 6.03 Å². The molecule has 5 heteroatoms. The Morgan fingerprint density at radius 3 is 2.57 bits per heavy atom. The highest BCUT2D eigenvalue weighted by molar-refractivity contribution is 6.35. The minimum Gasteiger partial charge on any atom is -0.307 e. The van der Waals surface area contributed by atoms with E-state index < -0.39 is 0 Å². The molecular weight excluding hydrogens is 307 g/mol. The summed E-state index contributed by atoms with van der Waals surface area (Å²) < 4.78 is 0. The van der Waals surface area contributed by atoms with E-state index in [1.807, 2.05) is 25.1 Å². The third-order valence-corrected chi connectivity index (χ3v) is 3.98. The summed E-state index contributed by atoms with van der Waals surface area (Å²) in [7, 11) is 0. The second-order valence-electron chi connectivity index (χ2n) is 5.14. The Labute approximate surface area is 133 Å². The predicted molar refractivity (Wildman–Crippen MR) is 87.6 cm³/mol. The van der Waals surface area contributed by atoms with Crippen molar-refractivity contribution >= 4 is 40.6 Å². The average Bonchev–Trinajstić information content (AvgIpc) is 2.73. The number of benzene rings is 2. The van der Waals surface area contributed by atoms with Crippen molar-refractivity contribution in [3.05, 3.63) is 58.1 Å². The van der Waals surface area contributed by atoms with Crippen LogP contribution >= 0.6 is 23.2 Å². The van der Waals surface area contributed by atoms with Gasteiger partial charge in [-0.2, -0.15) is 0 Å². The van der Waals surface area contributed by atoms with Crippen molar-refractivity contribution in [1.29, 1.82) is 0 Å². The van der Waals surface area contributed by atoms with Crippen LogP contribution in [0.15, 0.2) is 42.5 Å². The molecule has 0 fully saturated rings. The molecule has 2 aromatic carbocycles. The van der Waals surface area contributed by atoms with Gasteiger partial charge in [-0.1, -0.05) is 41.4 Å². The van der Waals surface area contributed by atoms with E-state index in [4.69, 9.17) is 23.2 Å². The first-order chi connectivity index (χ1) is 10.0. The fourth-order valence-electron chi connectivity index (χ4n) is 2.68. The molecule has 1 unspecified atom stereocenters. The molecule has 21 heavy (non-hydrogen) atoms. The fraction of sp³-hybridized carbons (Fsp3) is 0.188. The molecule has 0 saturated carbocycles. The van der Waals surface area contributed by atoms with Crippen LogP contribution in [0.2, 0.25) is 10.0 Å². The highest BCUT2D eigenvalue weighted by Gasteiger charge is 2.30. The third kappa shape index (κ3) is 2.85. The molecule has 1 heterocycles. The van der Waals surface area contributed by atoms with Gasteiger partial charge in [-0.3, -0.25) is 4.90 Å². The van der Waals surface area contributed by atoms with Crippen LogP contribution in [0.1, 0.15) is 12.5 Å². The first-order valence-corrected chi connectivity index (χ1v) is 7.44. The van der Waals surface area contributed by atoms with Crippen LogP contribution in [0, 0.1) is 0 Å². The van der Waals surface area contributed by atoms with Crippen molar-refractivity contribution in [2.24, 2.45) is 0 Å². The fourth-order valence-corrected chi connectivity index (χ4v) is 3.21. The zero-order chi connectivity index (χ0) is 15.0. The lowest BCUT2D eigenvalue weighted by Crippen LogP contribution is -2.39. The molecule has 0 radical (unpaired) electrons. The molecule has 1 aliphatic rings. The molecule has 1 aliphatic heterocycles. The minimum absolute atomic E-state index is 0.122. The van der Waals surface area contributed by atoms with Crippen LogP contribution in [0.3, 0.4) is 0 Å². The molecular formula is C16H14Cl2N2O. The minimum atomic E-state index is -0.175. The number of anilines is 2. The van der Waals surface area contributed by atoms with Crippen LogP contribution in [0.25, 0.3) is 0 Å². The Morgan fingerprint density at radius 2 is 1.86 bits per heavy atom. The second-order valence-corrected chi connectivity index (χ2v) is 6.01. The number of carbonyl (C=O) groups excluding carboxylic acids is 1. The molecule has 1 N–H and O–H groups in total. The van der Waals surface area contributed by atoms with Gasteiger partial charge in [0.05, 0.1) is 0 Å². The summed E-state index contributed by atoms with van der Waals surface area (Å²) in [5.41, 5.74) is 2.73. The number of carbonyl (C=O) groups is 1. The number of hydrogen-bond acceptors (Lipinski definition) is 1. The van der Waals surface area contributed by atoms with E-state index >= 15 is 0 Å². The number of amides is 2. The summed E-state index contributed by atoms with van der Waals surface area (Å²) in [4.78, 5) is 14.3. The first-order valence-electron chi connectivity index (χ1n) is 6.69. The monoisotopic (exact) mass is 320 g/mol. The van der Waals surface area contributed by atoms with Crippen LogP contribution in [-0.4, -0.2) is 12.1 Å². The molecule has 0 aromatic heterocycles. The highest BCUT2D eigenvalue weighted by atomic mass is 35.5. The smallest absolute Gasteiger partial charge is 0.307 e. The first kappa shape index (κ1) is 14.2. The molecule has 2 aromatic rings. The lowest BCUT2D eigenvalue weighted by molar-refractivity contribution is 0.256. The third-order valence-electron chi connectivity index (χ3n) is 3.54. The topological polar surface area (TPSA) is 32.3 Å². The molecule has 0 saturated heterocycles. The molecule has 108 valence electrons. The summed E-state index contributed by atoms with van der Waals surface area (Å²) >= 11 is 11.9. The van der Waals surface area contributed by atoms with E-state index in [-0.39, 0.29) is 12.1 Å². The molecule has 2 amide bonds. The van der Waals surface area contributed by atoms with Gasteiger partial charge in [0.15, 0.2) is 0 Å². The van der Waals surface area contributed by atoms with Gasteiger partial charge in [0.2, 0.25) is 0 Å². The van der Waals surface area contributed by atoms with Crippen molar-refractivity contribution in [2.75, 3.05) is 10.2 Å². The SMILES string of the molecule is CC1Cc2ccccc2N1C(=O)Nc1cc(Cl)cc(Cl)c1. The largest absolute Gasteiger partial charge is 0.326 e. The zero-order valence-electron chi connectivity index (χ0n) is 11.4. The van der Waals surface area contributed by atoms with Gasteiger partial charge in [0, 0.05) is 27.5 Å². The second kappa shape index (κ2) is 5.58. The maximum atomic E-state index is 12.5. The molecule has 0 spiro atoms. The Kier molecular flexibility index (Phi) is 3.79. The van der Waals surface area contributed by atoms with Crippen molar-refractivity contribution in [2.45, 2.75) is 19.4 Å². The Morgan fingerprint density at radius 1 is 1.19 bits per heavy atom. The summed E-state index contributed by atoms with van der Waals surface area (Å²) in [6.07, 6.45) is 0.861. The number of fused-ring (bicyclic) bond motifs is 1. The lowest BCUT2D eigenvalue weighted by Gasteiger charge is -2.23. The maximum Gasteiger partial charge on any atom is 0.326 e. The lowest BCUT2D eigenvalue weighted by atomic mass is 10.1. The van der Waals surface area contributed by atoms with Crippen LogP contribution in [0.5, 0.6) is 0 Å². The van der Waals surface area contributed by atoms with Crippen LogP contribution in [0.4, 0.5) is 16.2 Å². The van der Waals surface area contributed by atoms with Crippen molar-refractivity contribution in [1.82, 2.24) is 0 Å². The Balaban J connectivity index is 1.86. The van der Waals surface area contributed by atoms with Gasteiger partial charge in [-0.05, 0) is 43.2 Å². The number of nitrogens with zero attached hydrogens (tertiary/aromatic N) is 1. The van der Waals surface area contributed by atoms with Gasteiger partial charge < -0.3 is 5.32 Å². The average molecular weight is 321 g/mol. The van der Waals surface area contributed by atoms with Crippen molar-refractivity contribution < 1.29 is 4.79 Å². The molecule has 1 atom stereocenters. The van der Waals surface area contributed by atoms with Crippen molar-refractivity contribution in [3.8, 4) is 0 Å². The highest BCUT2D eigenvalue weighted by Crippen LogP contribution is 2.32. The summed E-state index contributed by atoms with van der Waals surface area (Å²) in [5.74, 6) is 0. The van der Waals surface area contributed by atoms with E-state index in [9.17, 15) is 4.79 Å². The number of halogens is 2. The number of urea groups is 1. The van der Waals surface area contributed by atoms with E-state index in [0.717, 1.165) is 12.1 Å².